The van der Waals surface area contributed by atoms with Crippen molar-refractivity contribution in [1.29, 1.82) is 0 Å². The first-order valence-electron chi connectivity index (χ1n) is 8.37. The molecule has 0 radical (unpaired) electrons. The zero-order valence-electron chi connectivity index (χ0n) is 14.1. The highest BCUT2D eigenvalue weighted by atomic mass is 79.9. The standard InChI is InChI=1S/C19H24BrClN2O2/c20-17-6-7-19(25-14-15-4-1-2-5-18(15)21)16(12-17)13-23-9-3-8-22-10-11-24/h1-2,4-7,12,22-24H,3,8-11,13-14H2. The molecular weight excluding hydrogens is 404 g/mol. The molecular formula is C19H24BrClN2O2. The van der Waals surface area contributed by atoms with E-state index in [9.17, 15) is 0 Å². The summed E-state index contributed by atoms with van der Waals surface area (Å²) in [5, 5.41) is 16.0. The lowest BCUT2D eigenvalue weighted by molar-refractivity contribution is 0.292. The molecule has 6 heteroatoms. The molecule has 2 rings (SSSR count). The second kappa shape index (κ2) is 11.5. The molecule has 0 bridgehead atoms. The van der Waals surface area contributed by atoms with Crippen LogP contribution in [0.2, 0.25) is 5.02 Å². The number of halogens is 2. The largest absolute Gasteiger partial charge is 0.489 e. The molecule has 0 aromatic heterocycles. The van der Waals surface area contributed by atoms with Crippen molar-refractivity contribution in [2.24, 2.45) is 0 Å². The number of aliphatic hydroxyl groups is 1. The highest BCUT2D eigenvalue weighted by molar-refractivity contribution is 9.10. The van der Waals surface area contributed by atoms with Crippen LogP contribution in [0.3, 0.4) is 0 Å². The van der Waals surface area contributed by atoms with Gasteiger partial charge in [-0.05, 0) is 43.8 Å². The Bertz CT molecular complexity index is 655. The molecule has 0 saturated carbocycles. The van der Waals surface area contributed by atoms with E-state index >= 15 is 0 Å². The van der Waals surface area contributed by atoms with Gasteiger partial charge in [-0.25, -0.2) is 0 Å². The van der Waals surface area contributed by atoms with Gasteiger partial charge in [0.05, 0.1) is 6.61 Å². The van der Waals surface area contributed by atoms with E-state index in [2.05, 4.69) is 32.6 Å². The molecule has 25 heavy (non-hydrogen) atoms. The maximum atomic E-state index is 8.72. The van der Waals surface area contributed by atoms with Crippen molar-refractivity contribution in [2.45, 2.75) is 19.6 Å². The molecule has 0 aliphatic heterocycles. The van der Waals surface area contributed by atoms with Crippen molar-refractivity contribution in [3.63, 3.8) is 0 Å². The lowest BCUT2D eigenvalue weighted by atomic mass is 10.2. The van der Waals surface area contributed by atoms with E-state index < -0.39 is 0 Å². The third-order valence-corrected chi connectivity index (χ3v) is 4.54. The predicted molar refractivity (Wildman–Crippen MR) is 106 cm³/mol. The lowest BCUT2D eigenvalue weighted by Gasteiger charge is -2.14. The van der Waals surface area contributed by atoms with Crippen LogP contribution in [0.4, 0.5) is 0 Å². The van der Waals surface area contributed by atoms with Gasteiger partial charge in [-0.15, -0.1) is 0 Å². The summed E-state index contributed by atoms with van der Waals surface area (Å²) in [5.41, 5.74) is 2.07. The van der Waals surface area contributed by atoms with Crippen molar-refractivity contribution >= 4 is 27.5 Å². The van der Waals surface area contributed by atoms with Gasteiger partial charge < -0.3 is 20.5 Å². The molecule has 2 aromatic rings. The van der Waals surface area contributed by atoms with Gasteiger partial charge in [0.25, 0.3) is 0 Å². The summed E-state index contributed by atoms with van der Waals surface area (Å²) >= 11 is 9.71. The second-order valence-corrected chi connectivity index (χ2v) is 6.96. The second-order valence-electron chi connectivity index (χ2n) is 5.64. The third-order valence-electron chi connectivity index (χ3n) is 3.67. The van der Waals surface area contributed by atoms with Gasteiger partial charge >= 0.3 is 0 Å². The van der Waals surface area contributed by atoms with E-state index in [1.54, 1.807) is 0 Å². The Kier molecular flexibility index (Phi) is 9.29. The number of ether oxygens (including phenoxy) is 1. The minimum absolute atomic E-state index is 0.178. The Labute approximate surface area is 162 Å². The minimum atomic E-state index is 0.178. The lowest BCUT2D eigenvalue weighted by Crippen LogP contribution is -2.24. The van der Waals surface area contributed by atoms with E-state index in [1.807, 2.05) is 36.4 Å². The fourth-order valence-corrected chi connectivity index (χ4v) is 2.96. The van der Waals surface area contributed by atoms with E-state index in [1.165, 1.54) is 0 Å². The molecule has 0 spiro atoms. The number of aliphatic hydroxyl groups excluding tert-OH is 1. The summed E-state index contributed by atoms with van der Waals surface area (Å²) in [6.45, 7) is 3.79. The molecule has 4 nitrogen and oxygen atoms in total. The smallest absolute Gasteiger partial charge is 0.124 e. The van der Waals surface area contributed by atoms with E-state index in [0.29, 0.717) is 13.2 Å². The first kappa shape index (κ1) is 20.2. The van der Waals surface area contributed by atoms with Gasteiger partial charge in [0, 0.05) is 33.7 Å². The SMILES string of the molecule is OCCNCCCNCc1cc(Br)ccc1OCc1ccccc1Cl. The highest BCUT2D eigenvalue weighted by Crippen LogP contribution is 2.25. The van der Waals surface area contributed by atoms with Crippen molar-refractivity contribution < 1.29 is 9.84 Å². The summed E-state index contributed by atoms with van der Waals surface area (Å²) in [5.74, 6) is 0.856. The summed E-state index contributed by atoms with van der Waals surface area (Å²) in [6.07, 6.45) is 1.00. The van der Waals surface area contributed by atoms with E-state index in [0.717, 1.165) is 52.4 Å². The number of benzene rings is 2. The highest BCUT2D eigenvalue weighted by Gasteiger charge is 2.06. The van der Waals surface area contributed by atoms with Crippen molar-refractivity contribution in [3.8, 4) is 5.75 Å². The van der Waals surface area contributed by atoms with Gasteiger partial charge in [0.15, 0.2) is 0 Å². The van der Waals surface area contributed by atoms with Gasteiger partial charge in [0.1, 0.15) is 12.4 Å². The number of nitrogens with one attached hydrogen (secondary N) is 2. The van der Waals surface area contributed by atoms with E-state index in [4.69, 9.17) is 21.4 Å². The molecule has 2 aromatic carbocycles. The number of hydrogen-bond acceptors (Lipinski definition) is 4. The van der Waals surface area contributed by atoms with E-state index in [-0.39, 0.29) is 6.61 Å². The molecule has 136 valence electrons. The topological polar surface area (TPSA) is 53.5 Å². The molecule has 0 aliphatic carbocycles. The summed E-state index contributed by atoms with van der Waals surface area (Å²) < 4.78 is 7.01. The average molecular weight is 428 g/mol. The Morgan fingerprint density at radius 3 is 2.60 bits per heavy atom. The van der Waals surface area contributed by atoms with Crippen LogP contribution in [0.1, 0.15) is 17.5 Å². The molecule has 0 heterocycles. The predicted octanol–water partition coefficient (Wildman–Crippen LogP) is 3.74. The summed E-state index contributed by atoms with van der Waals surface area (Å²) in [6, 6.07) is 13.7. The minimum Gasteiger partial charge on any atom is -0.489 e. The Balaban J connectivity index is 1.85. The van der Waals surface area contributed by atoms with Gasteiger partial charge in [0.2, 0.25) is 0 Å². The molecule has 0 fully saturated rings. The zero-order valence-corrected chi connectivity index (χ0v) is 16.4. The maximum Gasteiger partial charge on any atom is 0.124 e. The monoisotopic (exact) mass is 426 g/mol. The van der Waals surface area contributed by atoms with Crippen LogP contribution in [0.15, 0.2) is 46.9 Å². The van der Waals surface area contributed by atoms with Crippen LogP contribution < -0.4 is 15.4 Å². The Morgan fingerprint density at radius 2 is 1.80 bits per heavy atom. The van der Waals surface area contributed by atoms with Gasteiger partial charge in [-0.2, -0.15) is 0 Å². The van der Waals surface area contributed by atoms with Crippen molar-refractivity contribution in [1.82, 2.24) is 10.6 Å². The molecule has 0 unspecified atom stereocenters. The van der Waals surface area contributed by atoms with Crippen LogP contribution in [0.5, 0.6) is 5.75 Å². The number of rotatable bonds is 11. The summed E-state index contributed by atoms with van der Waals surface area (Å²) in [4.78, 5) is 0. The summed E-state index contributed by atoms with van der Waals surface area (Å²) in [7, 11) is 0. The molecule has 3 N–H and O–H groups in total. The van der Waals surface area contributed by atoms with Crippen molar-refractivity contribution in [2.75, 3.05) is 26.2 Å². The van der Waals surface area contributed by atoms with Crippen LogP contribution in [-0.2, 0) is 13.2 Å². The third kappa shape index (κ3) is 7.34. The van der Waals surface area contributed by atoms with Gasteiger partial charge in [-0.3, -0.25) is 0 Å². The van der Waals surface area contributed by atoms with Crippen LogP contribution in [0, 0.1) is 0 Å². The number of hydrogen-bond donors (Lipinski definition) is 3. The maximum absolute atomic E-state index is 8.72. The molecule has 0 atom stereocenters. The van der Waals surface area contributed by atoms with Crippen LogP contribution in [0.25, 0.3) is 0 Å². The Morgan fingerprint density at radius 1 is 1.00 bits per heavy atom. The Hall–Kier alpha value is -1.11. The van der Waals surface area contributed by atoms with Crippen LogP contribution in [-0.4, -0.2) is 31.3 Å². The van der Waals surface area contributed by atoms with Crippen molar-refractivity contribution in [3.05, 3.63) is 63.1 Å². The first-order valence-corrected chi connectivity index (χ1v) is 9.54. The molecule has 0 aliphatic rings. The fraction of sp³-hybridized carbons (Fsp3) is 0.368. The average Bonchev–Trinajstić information content (AvgIpc) is 2.61. The molecule has 0 saturated heterocycles. The first-order chi connectivity index (χ1) is 12.2. The van der Waals surface area contributed by atoms with Gasteiger partial charge in [-0.1, -0.05) is 45.7 Å². The quantitative estimate of drug-likeness (QED) is 0.478. The zero-order chi connectivity index (χ0) is 17.9. The normalized spacial score (nSPS) is 10.8. The van der Waals surface area contributed by atoms with Crippen LogP contribution >= 0.6 is 27.5 Å². The fourth-order valence-electron chi connectivity index (χ4n) is 2.36. The molecule has 0 amide bonds.